The first kappa shape index (κ1) is 11.7. The van der Waals surface area contributed by atoms with Crippen molar-refractivity contribution >= 4 is 14.2 Å². The van der Waals surface area contributed by atoms with E-state index in [1.807, 2.05) is 0 Å². The minimum absolute atomic E-state index is 0.0781. The monoisotopic (exact) mass is 215 g/mol. The summed E-state index contributed by atoms with van der Waals surface area (Å²) in [6.07, 6.45) is 0.670. The lowest BCUT2D eigenvalue weighted by atomic mass is 10.3. The van der Waals surface area contributed by atoms with Gasteiger partial charge in [-0.1, -0.05) is 13.8 Å². The van der Waals surface area contributed by atoms with Crippen molar-refractivity contribution in [3.8, 4) is 0 Å². The highest BCUT2D eigenvalue weighted by molar-refractivity contribution is 6.71. The Hall–Kier alpha value is -0.353. The van der Waals surface area contributed by atoms with Gasteiger partial charge in [0.1, 0.15) is 6.10 Å². The van der Waals surface area contributed by atoms with Gasteiger partial charge in [0, 0.05) is 6.54 Å². The molecule has 1 saturated heterocycles. The van der Waals surface area contributed by atoms with Gasteiger partial charge in [-0.05, 0) is 31.5 Å². The number of nitrogens with one attached hydrogen (secondary N) is 1. The number of amides is 1. The molecule has 0 aliphatic carbocycles. The van der Waals surface area contributed by atoms with Crippen molar-refractivity contribution in [1.82, 2.24) is 5.32 Å². The summed E-state index contributed by atoms with van der Waals surface area (Å²) in [5.41, 5.74) is 0. The Morgan fingerprint density at radius 3 is 2.64 bits per heavy atom. The Kier molecular flexibility index (Phi) is 3.72. The number of carbonyl (C=O) groups excluding carboxylic acids is 1. The summed E-state index contributed by atoms with van der Waals surface area (Å²) in [7, 11) is -1.63. The number of rotatable bonds is 4. The van der Waals surface area contributed by atoms with E-state index in [4.69, 9.17) is 4.43 Å². The van der Waals surface area contributed by atoms with Gasteiger partial charge in [-0.25, -0.2) is 0 Å². The third-order valence-electron chi connectivity index (χ3n) is 2.36. The molecule has 1 atom stereocenters. The maximum absolute atomic E-state index is 11.3. The molecule has 0 radical (unpaired) electrons. The van der Waals surface area contributed by atoms with E-state index in [0.717, 1.165) is 19.0 Å². The van der Waals surface area contributed by atoms with Crippen molar-refractivity contribution in [1.29, 1.82) is 0 Å². The average molecular weight is 215 g/mol. The number of carbonyl (C=O) groups is 1. The van der Waals surface area contributed by atoms with Crippen molar-refractivity contribution in [2.24, 2.45) is 5.92 Å². The van der Waals surface area contributed by atoms with Crippen LogP contribution in [0.3, 0.4) is 0 Å². The second kappa shape index (κ2) is 4.44. The van der Waals surface area contributed by atoms with E-state index in [0.29, 0.717) is 5.92 Å². The lowest BCUT2D eigenvalue weighted by molar-refractivity contribution is -0.125. The summed E-state index contributed by atoms with van der Waals surface area (Å²) < 4.78 is 5.95. The Balaban J connectivity index is 2.45. The Labute approximate surface area is 87.3 Å². The third-order valence-corrected chi connectivity index (χ3v) is 5.08. The minimum atomic E-state index is -1.63. The molecule has 1 fully saturated rings. The summed E-state index contributed by atoms with van der Waals surface area (Å²) in [4.78, 5) is 11.3. The van der Waals surface area contributed by atoms with Crippen LogP contribution in [0.5, 0.6) is 0 Å². The van der Waals surface area contributed by atoms with Gasteiger partial charge in [-0.15, -0.1) is 0 Å². The summed E-state index contributed by atoms with van der Waals surface area (Å²) in [6, 6.07) is 1.12. The van der Waals surface area contributed by atoms with Gasteiger partial charge in [-0.2, -0.15) is 0 Å². The molecule has 3 nitrogen and oxygen atoms in total. The van der Waals surface area contributed by atoms with Crippen LogP contribution < -0.4 is 5.32 Å². The summed E-state index contributed by atoms with van der Waals surface area (Å²) in [5, 5.41) is 2.80. The van der Waals surface area contributed by atoms with Crippen molar-refractivity contribution < 1.29 is 9.22 Å². The van der Waals surface area contributed by atoms with Gasteiger partial charge in [0.25, 0.3) is 0 Å². The molecule has 14 heavy (non-hydrogen) atoms. The second-order valence-electron chi connectivity index (χ2n) is 5.04. The van der Waals surface area contributed by atoms with Gasteiger partial charge in [0.2, 0.25) is 5.91 Å². The SMILES string of the molecule is CC(C)C[Si](C)(C)O[C@H]1CCNC1=O. The van der Waals surface area contributed by atoms with Crippen LogP contribution in [0.25, 0.3) is 0 Å². The fourth-order valence-corrected chi connectivity index (χ4v) is 5.16. The maximum Gasteiger partial charge on any atom is 0.247 e. The minimum Gasteiger partial charge on any atom is -0.405 e. The van der Waals surface area contributed by atoms with E-state index in [1.54, 1.807) is 0 Å². The molecule has 4 heteroatoms. The summed E-state index contributed by atoms with van der Waals surface area (Å²) >= 11 is 0. The van der Waals surface area contributed by atoms with Crippen molar-refractivity contribution in [2.75, 3.05) is 6.54 Å². The normalized spacial score (nSPS) is 22.9. The first-order chi connectivity index (χ1) is 6.41. The van der Waals surface area contributed by atoms with Crippen LogP contribution in [0.2, 0.25) is 19.1 Å². The maximum atomic E-state index is 11.3. The number of hydrogen-bond acceptors (Lipinski definition) is 2. The van der Waals surface area contributed by atoms with E-state index < -0.39 is 8.32 Å². The molecule has 1 aliphatic heterocycles. The summed E-state index contributed by atoms with van der Waals surface area (Å²) in [6.45, 7) is 9.56. The predicted molar refractivity (Wildman–Crippen MR) is 59.6 cm³/mol. The molecule has 0 aromatic heterocycles. The van der Waals surface area contributed by atoms with E-state index in [2.05, 4.69) is 32.3 Å². The van der Waals surface area contributed by atoms with Crippen molar-refractivity contribution in [2.45, 2.75) is 45.5 Å². The van der Waals surface area contributed by atoms with Crippen LogP contribution in [-0.4, -0.2) is 26.9 Å². The molecule has 1 rings (SSSR count). The highest BCUT2D eigenvalue weighted by atomic mass is 28.4. The first-order valence-electron chi connectivity index (χ1n) is 5.36. The molecule has 1 aliphatic rings. The Bertz CT molecular complexity index is 216. The third kappa shape index (κ3) is 3.42. The highest BCUT2D eigenvalue weighted by Crippen LogP contribution is 2.21. The molecule has 1 amide bonds. The topological polar surface area (TPSA) is 38.3 Å². The molecule has 0 aromatic rings. The lowest BCUT2D eigenvalue weighted by Gasteiger charge is -2.27. The average Bonchev–Trinajstić information content (AvgIpc) is 2.32. The fourth-order valence-electron chi connectivity index (χ4n) is 2.10. The van der Waals surface area contributed by atoms with Gasteiger partial charge >= 0.3 is 0 Å². The largest absolute Gasteiger partial charge is 0.405 e. The second-order valence-corrected chi connectivity index (χ2v) is 9.21. The van der Waals surface area contributed by atoms with Gasteiger partial charge in [0.15, 0.2) is 8.32 Å². The highest BCUT2D eigenvalue weighted by Gasteiger charge is 2.33. The first-order valence-corrected chi connectivity index (χ1v) is 8.48. The van der Waals surface area contributed by atoms with E-state index in [9.17, 15) is 4.79 Å². The van der Waals surface area contributed by atoms with E-state index in [-0.39, 0.29) is 12.0 Å². The van der Waals surface area contributed by atoms with Crippen LogP contribution in [0.4, 0.5) is 0 Å². The molecule has 0 bridgehead atoms. The molecule has 0 unspecified atom stereocenters. The molecule has 1 heterocycles. The van der Waals surface area contributed by atoms with E-state index >= 15 is 0 Å². The zero-order valence-electron chi connectivity index (χ0n) is 9.59. The Morgan fingerprint density at radius 2 is 2.21 bits per heavy atom. The van der Waals surface area contributed by atoms with Crippen LogP contribution in [0, 0.1) is 5.92 Å². The molecule has 0 aromatic carbocycles. The van der Waals surface area contributed by atoms with Crippen LogP contribution in [0.15, 0.2) is 0 Å². The van der Waals surface area contributed by atoms with Crippen LogP contribution in [-0.2, 0) is 9.22 Å². The zero-order valence-corrected chi connectivity index (χ0v) is 10.6. The molecular formula is C10H21NO2Si. The smallest absolute Gasteiger partial charge is 0.247 e. The fraction of sp³-hybridized carbons (Fsp3) is 0.900. The quantitative estimate of drug-likeness (QED) is 0.726. The van der Waals surface area contributed by atoms with E-state index in [1.165, 1.54) is 0 Å². The molecule has 0 saturated carbocycles. The molecule has 1 N–H and O–H groups in total. The zero-order chi connectivity index (χ0) is 10.8. The Morgan fingerprint density at radius 1 is 1.57 bits per heavy atom. The van der Waals surface area contributed by atoms with Crippen LogP contribution in [0.1, 0.15) is 20.3 Å². The summed E-state index contributed by atoms with van der Waals surface area (Å²) in [5.74, 6) is 0.732. The van der Waals surface area contributed by atoms with Crippen molar-refractivity contribution in [3.05, 3.63) is 0 Å². The van der Waals surface area contributed by atoms with Gasteiger partial charge in [0.05, 0.1) is 0 Å². The predicted octanol–water partition coefficient (Wildman–Crippen LogP) is 1.75. The van der Waals surface area contributed by atoms with Crippen molar-refractivity contribution in [3.63, 3.8) is 0 Å². The number of hydrogen-bond donors (Lipinski definition) is 1. The molecular weight excluding hydrogens is 194 g/mol. The van der Waals surface area contributed by atoms with Gasteiger partial charge in [-0.3, -0.25) is 4.79 Å². The standard InChI is InChI=1S/C10H21NO2Si/c1-8(2)7-14(3,4)13-9-5-6-11-10(9)12/h8-9H,5-7H2,1-4H3,(H,11,12)/t9-/m0/s1. The van der Waals surface area contributed by atoms with Crippen LogP contribution >= 0.6 is 0 Å². The molecule has 82 valence electrons. The molecule has 0 spiro atoms. The van der Waals surface area contributed by atoms with Gasteiger partial charge < -0.3 is 9.74 Å². The lowest BCUT2D eigenvalue weighted by Crippen LogP contribution is -2.39.